The van der Waals surface area contributed by atoms with Gasteiger partial charge >= 0.3 is 5.97 Å². The van der Waals surface area contributed by atoms with E-state index in [1.807, 2.05) is 6.07 Å². The minimum atomic E-state index is -0.424. The van der Waals surface area contributed by atoms with Crippen LogP contribution in [-0.2, 0) is 11.8 Å². The molecule has 0 bridgehead atoms. The van der Waals surface area contributed by atoms with Crippen LogP contribution in [0.5, 0.6) is 0 Å². The number of nitrogens with zero attached hydrogens (tertiary/aromatic N) is 1. The number of rotatable bonds is 2. The van der Waals surface area contributed by atoms with E-state index in [2.05, 4.69) is 0 Å². The lowest BCUT2D eigenvalue weighted by Gasteiger charge is -2.03. The summed E-state index contributed by atoms with van der Waals surface area (Å²) < 4.78 is 6.69. The van der Waals surface area contributed by atoms with Gasteiger partial charge in [0.2, 0.25) is 0 Å². The van der Waals surface area contributed by atoms with Crippen LogP contribution in [0.2, 0.25) is 10.0 Å². The molecule has 0 saturated carbocycles. The topological polar surface area (TPSA) is 31.2 Å². The molecule has 1 aromatic heterocycles. The lowest BCUT2D eigenvalue weighted by molar-refractivity contribution is 0.0516. The van der Waals surface area contributed by atoms with Crippen LogP contribution in [0.15, 0.2) is 18.2 Å². The molecule has 2 aromatic rings. The average molecular weight is 272 g/mol. The molecule has 0 amide bonds. The number of esters is 1. The van der Waals surface area contributed by atoms with Crippen molar-refractivity contribution in [1.29, 1.82) is 0 Å². The summed E-state index contributed by atoms with van der Waals surface area (Å²) in [6, 6.07) is 5.32. The molecule has 0 aliphatic carbocycles. The highest BCUT2D eigenvalue weighted by Crippen LogP contribution is 2.32. The summed E-state index contributed by atoms with van der Waals surface area (Å²) in [4.78, 5) is 11.8. The predicted molar refractivity (Wildman–Crippen MR) is 68.9 cm³/mol. The molecule has 3 nitrogen and oxygen atoms in total. The SMILES string of the molecule is CCOC(=O)c1c(Cl)c2cc(Cl)ccc2n1C. The molecule has 17 heavy (non-hydrogen) atoms. The molecule has 0 spiro atoms. The first-order valence-electron chi connectivity index (χ1n) is 5.16. The van der Waals surface area contributed by atoms with E-state index in [0.717, 1.165) is 10.9 Å². The van der Waals surface area contributed by atoms with Crippen molar-refractivity contribution in [2.24, 2.45) is 7.05 Å². The average Bonchev–Trinajstić information content (AvgIpc) is 2.52. The largest absolute Gasteiger partial charge is 0.461 e. The Labute approximate surface area is 109 Å². The van der Waals surface area contributed by atoms with Gasteiger partial charge in [-0.3, -0.25) is 0 Å². The summed E-state index contributed by atoms with van der Waals surface area (Å²) in [5.41, 5.74) is 1.20. The summed E-state index contributed by atoms with van der Waals surface area (Å²) in [7, 11) is 1.77. The Bertz CT molecular complexity index is 590. The quantitative estimate of drug-likeness (QED) is 0.781. The summed E-state index contributed by atoms with van der Waals surface area (Å²) in [5.74, 6) is -0.424. The minimum absolute atomic E-state index is 0.317. The van der Waals surface area contributed by atoms with E-state index in [4.69, 9.17) is 27.9 Å². The lowest BCUT2D eigenvalue weighted by atomic mass is 10.2. The van der Waals surface area contributed by atoms with E-state index in [-0.39, 0.29) is 0 Å². The van der Waals surface area contributed by atoms with Crippen LogP contribution in [0.4, 0.5) is 0 Å². The first kappa shape index (κ1) is 12.3. The van der Waals surface area contributed by atoms with Crippen LogP contribution in [0.25, 0.3) is 10.9 Å². The Morgan fingerprint density at radius 2 is 2.12 bits per heavy atom. The summed E-state index contributed by atoms with van der Waals surface area (Å²) >= 11 is 12.1. The second-order valence-corrected chi connectivity index (χ2v) is 4.42. The molecule has 1 aromatic carbocycles. The van der Waals surface area contributed by atoms with Crippen molar-refractivity contribution in [2.75, 3.05) is 6.61 Å². The number of aryl methyl sites for hydroxylation is 1. The first-order valence-corrected chi connectivity index (χ1v) is 5.92. The van der Waals surface area contributed by atoms with Gasteiger partial charge in [-0.2, -0.15) is 0 Å². The molecule has 0 atom stereocenters. The fraction of sp³-hybridized carbons (Fsp3) is 0.250. The van der Waals surface area contributed by atoms with Crippen LogP contribution in [0.1, 0.15) is 17.4 Å². The number of ether oxygens (including phenoxy) is 1. The third-order valence-electron chi connectivity index (χ3n) is 2.57. The number of benzene rings is 1. The number of hydrogen-bond donors (Lipinski definition) is 0. The van der Waals surface area contributed by atoms with E-state index in [0.29, 0.717) is 22.3 Å². The van der Waals surface area contributed by atoms with Gasteiger partial charge < -0.3 is 9.30 Å². The van der Waals surface area contributed by atoms with E-state index < -0.39 is 5.97 Å². The van der Waals surface area contributed by atoms with E-state index in [1.165, 1.54) is 0 Å². The number of fused-ring (bicyclic) bond motifs is 1. The fourth-order valence-electron chi connectivity index (χ4n) is 1.80. The van der Waals surface area contributed by atoms with Gasteiger partial charge in [0.05, 0.1) is 17.1 Å². The Kier molecular flexibility index (Phi) is 3.31. The monoisotopic (exact) mass is 271 g/mol. The van der Waals surface area contributed by atoms with Crippen LogP contribution in [0.3, 0.4) is 0 Å². The van der Waals surface area contributed by atoms with Crippen LogP contribution in [-0.4, -0.2) is 17.1 Å². The number of carbonyl (C=O) groups is 1. The van der Waals surface area contributed by atoms with E-state index in [9.17, 15) is 4.79 Å². The van der Waals surface area contributed by atoms with Crippen molar-refractivity contribution >= 4 is 40.1 Å². The van der Waals surface area contributed by atoms with E-state index >= 15 is 0 Å². The van der Waals surface area contributed by atoms with Crippen LogP contribution in [0, 0.1) is 0 Å². The zero-order chi connectivity index (χ0) is 12.6. The second kappa shape index (κ2) is 4.59. The standard InChI is InChI=1S/C12H11Cl2NO2/c1-3-17-12(16)11-10(14)8-6-7(13)4-5-9(8)15(11)2/h4-6H,3H2,1-2H3. The molecule has 0 unspecified atom stereocenters. The molecule has 0 aliphatic heterocycles. The highest BCUT2D eigenvalue weighted by atomic mass is 35.5. The molecule has 5 heteroatoms. The van der Waals surface area contributed by atoms with Crippen molar-refractivity contribution in [3.63, 3.8) is 0 Å². The summed E-state index contributed by atoms with van der Waals surface area (Å²) in [6.45, 7) is 2.07. The van der Waals surface area contributed by atoms with Gasteiger partial charge in [-0.1, -0.05) is 23.2 Å². The van der Waals surface area contributed by atoms with Gasteiger partial charge in [-0.15, -0.1) is 0 Å². The van der Waals surface area contributed by atoms with Gasteiger partial charge in [-0.25, -0.2) is 4.79 Å². The van der Waals surface area contributed by atoms with Crippen molar-refractivity contribution in [2.45, 2.75) is 6.92 Å². The maximum absolute atomic E-state index is 11.8. The van der Waals surface area contributed by atoms with Crippen molar-refractivity contribution in [3.8, 4) is 0 Å². The molecule has 0 aliphatic rings. The van der Waals surface area contributed by atoms with Gasteiger partial charge in [0.1, 0.15) is 5.69 Å². The number of hydrogen-bond acceptors (Lipinski definition) is 2. The molecule has 0 fully saturated rings. The minimum Gasteiger partial charge on any atom is -0.461 e. The molecule has 2 rings (SSSR count). The Morgan fingerprint density at radius 1 is 1.41 bits per heavy atom. The molecule has 0 N–H and O–H groups in total. The molecule has 0 saturated heterocycles. The predicted octanol–water partition coefficient (Wildman–Crippen LogP) is 3.66. The summed E-state index contributed by atoms with van der Waals surface area (Å²) in [5, 5.41) is 1.72. The third-order valence-corrected chi connectivity index (χ3v) is 3.19. The first-order chi connectivity index (χ1) is 8.06. The van der Waals surface area contributed by atoms with Crippen molar-refractivity contribution in [3.05, 3.63) is 33.9 Å². The van der Waals surface area contributed by atoms with Crippen molar-refractivity contribution < 1.29 is 9.53 Å². The normalized spacial score (nSPS) is 10.8. The third kappa shape index (κ3) is 2.01. The molecular weight excluding hydrogens is 261 g/mol. The van der Waals surface area contributed by atoms with E-state index in [1.54, 1.807) is 30.7 Å². The molecule has 0 radical (unpaired) electrons. The van der Waals surface area contributed by atoms with Crippen molar-refractivity contribution in [1.82, 2.24) is 4.57 Å². The number of aromatic nitrogens is 1. The fourth-order valence-corrected chi connectivity index (χ4v) is 2.33. The highest BCUT2D eigenvalue weighted by Gasteiger charge is 2.20. The second-order valence-electron chi connectivity index (χ2n) is 3.60. The summed E-state index contributed by atoms with van der Waals surface area (Å²) in [6.07, 6.45) is 0. The molecule has 90 valence electrons. The lowest BCUT2D eigenvalue weighted by Crippen LogP contribution is -2.10. The van der Waals surface area contributed by atoms with Gasteiger partial charge in [0.25, 0.3) is 0 Å². The smallest absolute Gasteiger partial charge is 0.356 e. The highest BCUT2D eigenvalue weighted by molar-refractivity contribution is 6.39. The molecule has 1 heterocycles. The molecular formula is C12H11Cl2NO2. The number of halogens is 2. The van der Waals surface area contributed by atoms with Gasteiger partial charge in [0.15, 0.2) is 0 Å². The Hall–Kier alpha value is -1.19. The Morgan fingerprint density at radius 3 is 2.76 bits per heavy atom. The maximum atomic E-state index is 11.8. The maximum Gasteiger partial charge on any atom is 0.356 e. The Balaban J connectivity index is 2.68. The number of carbonyl (C=O) groups excluding carboxylic acids is 1. The zero-order valence-electron chi connectivity index (χ0n) is 9.46. The van der Waals surface area contributed by atoms with Crippen LogP contribution >= 0.6 is 23.2 Å². The van der Waals surface area contributed by atoms with Crippen LogP contribution < -0.4 is 0 Å². The van der Waals surface area contributed by atoms with Gasteiger partial charge in [0, 0.05) is 17.5 Å². The van der Waals surface area contributed by atoms with Gasteiger partial charge in [-0.05, 0) is 25.1 Å². The zero-order valence-corrected chi connectivity index (χ0v) is 11.0.